The minimum atomic E-state index is -0.272. The number of benzene rings is 1. The predicted octanol–water partition coefficient (Wildman–Crippen LogP) is 3.94. The first-order chi connectivity index (χ1) is 13.5. The maximum absolute atomic E-state index is 12.7. The molecule has 1 aromatic heterocycles. The summed E-state index contributed by atoms with van der Waals surface area (Å²) in [6.45, 7) is 5.74. The van der Waals surface area contributed by atoms with Crippen molar-refractivity contribution in [3.63, 3.8) is 0 Å². The highest BCUT2D eigenvalue weighted by molar-refractivity contribution is 6.13. The van der Waals surface area contributed by atoms with E-state index >= 15 is 0 Å². The number of aryl methyl sites for hydroxylation is 1. The molecule has 1 aliphatic carbocycles. The number of rotatable bonds is 8. The highest BCUT2D eigenvalue weighted by Gasteiger charge is 2.24. The second-order valence-corrected chi connectivity index (χ2v) is 7.48. The fourth-order valence-corrected chi connectivity index (χ4v) is 3.39. The molecule has 1 aromatic carbocycles. The lowest BCUT2D eigenvalue weighted by Crippen LogP contribution is -2.24. The standard InChI is InChI=1S/C22H29N3O3/c1-15(2)23-11-6-12-28-17-8-5-7-16(13-17)25-22(27)18-14-24-19-9-3-4-10-20(26)21(18)19/h5,7-8,13-15,23-24H,3-4,6,9-12H2,1-2H3,(H,25,27). The Morgan fingerprint density at radius 2 is 2.07 bits per heavy atom. The summed E-state index contributed by atoms with van der Waals surface area (Å²) in [5, 5.41) is 6.24. The van der Waals surface area contributed by atoms with Gasteiger partial charge in [-0.25, -0.2) is 0 Å². The van der Waals surface area contributed by atoms with E-state index in [1.165, 1.54) is 0 Å². The number of aromatic amines is 1. The van der Waals surface area contributed by atoms with E-state index in [1.807, 2.05) is 18.2 Å². The van der Waals surface area contributed by atoms with E-state index in [0.29, 0.717) is 41.6 Å². The second kappa shape index (κ2) is 9.55. The van der Waals surface area contributed by atoms with Gasteiger partial charge in [0.15, 0.2) is 5.78 Å². The van der Waals surface area contributed by atoms with Crippen LogP contribution in [0.4, 0.5) is 5.69 Å². The maximum atomic E-state index is 12.7. The zero-order chi connectivity index (χ0) is 19.9. The zero-order valence-corrected chi connectivity index (χ0v) is 16.6. The Hall–Kier alpha value is -2.60. The molecule has 28 heavy (non-hydrogen) atoms. The van der Waals surface area contributed by atoms with E-state index in [9.17, 15) is 9.59 Å². The summed E-state index contributed by atoms with van der Waals surface area (Å²) < 4.78 is 5.77. The van der Waals surface area contributed by atoms with Crippen LogP contribution in [0.25, 0.3) is 0 Å². The lowest BCUT2D eigenvalue weighted by Gasteiger charge is -2.11. The number of H-pyrrole nitrogens is 1. The molecule has 2 aromatic rings. The van der Waals surface area contributed by atoms with E-state index in [0.717, 1.165) is 37.9 Å². The fraction of sp³-hybridized carbons (Fsp3) is 0.455. The molecule has 0 aliphatic heterocycles. The first-order valence-corrected chi connectivity index (χ1v) is 10.1. The Morgan fingerprint density at radius 1 is 1.25 bits per heavy atom. The van der Waals surface area contributed by atoms with E-state index in [4.69, 9.17) is 4.74 Å². The molecule has 1 heterocycles. The van der Waals surface area contributed by atoms with Crippen LogP contribution in [-0.2, 0) is 6.42 Å². The summed E-state index contributed by atoms with van der Waals surface area (Å²) in [4.78, 5) is 28.2. The molecule has 3 rings (SSSR count). The third-order valence-electron chi connectivity index (χ3n) is 4.80. The topological polar surface area (TPSA) is 83.2 Å². The van der Waals surface area contributed by atoms with Crippen molar-refractivity contribution in [2.45, 2.75) is 52.0 Å². The summed E-state index contributed by atoms with van der Waals surface area (Å²) >= 11 is 0. The van der Waals surface area contributed by atoms with Crippen molar-refractivity contribution in [3.8, 4) is 5.75 Å². The molecule has 0 saturated heterocycles. The van der Waals surface area contributed by atoms with E-state index in [2.05, 4.69) is 29.5 Å². The lowest BCUT2D eigenvalue weighted by molar-refractivity contribution is 0.0965. The molecule has 0 radical (unpaired) electrons. The number of carbonyl (C=O) groups is 2. The maximum Gasteiger partial charge on any atom is 0.257 e. The molecule has 6 nitrogen and oxygen atoms in total. The first kappa shape index (κ1) is 20.1. The summed E-state index contributed by atoms with van der Waals surface area (Å²) in [6, 6.07) is 7.81. The van der Waals surface area contributed by atoms with Crippen molar-refractivity contribution in [3.05, 3.63) is 47.3 Å². The molecule has 1 aliphatic rings. The zero-order valence-electron chi connectivity index (χ0n) is 16.6. The average molecular weight is 383 g/mol. The van der Waals surface area contributed by atoms with Crippen LogP contribution >= 0.6 is 0 Å². The van der Waals surface area contributed by atoms with Crippen molar-refractivity contribution >= 4 is 17.4 Å². The highest BCUT2D eigenvalue weighted by atomic mass is 16.5. The van der Waals surface area contributed by atoms with Crippen LogP contribution in [0, 0.1) is 0 Å². The number of fused-ring (bicyclic) bond motifs is 1. The largest absolute Gasteiger partial charge is 0.493 e. The van der Waals surface area contributed by atoms with Gasteiger partial charge in [-0.05, 0) is 44.4 Å². The average Bonchev–Trinajstić information content (AvgIpc) is 3.00. The van der Waals surface area contributed by atoms with Gasteiger partial charge in [-0.15, -0.1) is 0 Å². The van der Waals surface area contributed by atoms with E-state index in [-0.39, 0.29) is 11.7 Å². The van der Waals surface area contributed by atoms with E-state index in [1.54, 1.807) is 12.3 Å². The van der Waals surface area contributed by atoms with Crippen LogP contribution in [0.5, 0.6) is 5.75 Å². The summed E-state index contributed by atoms with van der Waals surface area (Å²) in [5.74, 6) is 0.489. The van der Waals surface area contributed by atoms with Crippen LogP contribution in [0.15, 0.2) is 30.5 Å². The van der Waals surface area contributed by atoms with Gasteiger partial charge in [-0.2, -0.15) is 0 Å². The molecule has 0 fully saturated rings. The Labute approximate surface area is 166 Å². The van der Waals surface area contributed by atoms with E-state index < -0.39 is 0 Å². The Bertz CT molecular complexity index is 826. The smallest absolute Gasteiger partial charge is 0.257 e. The molecule has 0 bridgehead atoms. The highest BCUT2D eigenvalue weighted by Crippen LogP contribution is 2.25. The number of ketones is 1. The first-order valence-electron chi connectivity index (χ1n) is 10.1. The van der Waals surface area contributed by atoms with Crippen molar-refractivity contribution in [1.29, 1.82) is 0 Å². The minimum Gasteiger partial charge on any atom is -0.493 e. The molecule has 0 atom stereocenters. The van der Waals surface area contributed by atoms with Gasteiger partial charge in [0.05, 0.1) is 17.7 Å². The number of nitrogens with one attached hydrogen (secondary N) is 3. The van der Waals surface area contributed by atoms with Crippen molar-refractivity contribution in [1.82, 2.24) is 10.3 Å². The SMILES string of the molecule is CC(C)NCCCOc1cccc(NC(=O)c2c[nH]c3c2C(=O)CCCC3)c1. The van der Waals surface area contributed by atoms with Crippen LogP contribution in [0.1, 0.15) is 65.9 Å². The van der Waals surface area contributed by atoms with Crippen LogP contribution in [0.2, 0.25) is 0 Å². The summed E-state index contributed by atoms with van der Waals surface area (Å²) in [5.41, 5.74) is 2.51. The third kappa shape index (κ3) is 5.23. The molecule has 6 heteroatoms. The number of Topliss-reactive ketones (excluding diaryl/α,β-unsaturated/α-hetero) is 1. The van der Waals surface area contributed by atoms with Crippen LogP contribution in [-0.4, -0.2) is 35.9 Å². The number of amides is 1. The molecule has 3 N–H and O–H groups in total. The second-order valence-electron chi connectivity index (χ2n) is 7.48. The fourth-order valence-electron chi connectivity index (χ4n) is 3.39. The number of carbonyl (C=O) groups excluding carboxylic acids is 2. The monoisotopic (exact) mass is 383 g/mol. The van der Waals surface area contributed by atoms with Crippen molar-refractivity contribution < 1.29 is 14.3 Å². The van der Waals surface area contributed by atoms with Gasteiger partial charge in [-0.1, -0.05) is 19.9 Å². The normalized spacial score (nSPS) is 13.9. The van der Waals surface area contributed by atoms with Crippen LogP contribution in [0.3, 0.4) is 0 Å². The molecule has 0 spiro atoms. The molecular formula is C22H29N3O3. The van der Waals surface area contributed by atoms with Gasteiger partial charge < -0.3 is 20.4 Å². The molecule has 1 amide bonds. The van der Waals surface area contributed by atoms with Gasteiger partial charge in [0.1, 0.15) is 5.75 Å². The Balaban J connectivity index is 1.61. The van der Waals surface area contributed by atoms with Gasteiger partial charge in [0.2, 0.25) is 0 Å². The summed E-state index contributed by atoms with van der Waals surface area (Å²) in [6.07, 6.45) is 5.70. The molecule has 0 unspecified atom stereocenters. The number of ether oxygens (including phenoxy) is 1. The van der Waals surface area contributed by atoms with Gasteiger partial charge in [0.25, 0.3) is 5.91 Å². The van der Waals surface area contributed by atoms with Gasteiger partial charge in [0, 0.05) is 36.1 Å². The van der Waals surface area contributed by atoms with Crippen LogP contribution < -0.4 is 15.4 Å². The van der Waals surface area contributed by atoms with Gasteiger partial charge >= 0.3 is 0 Å². The third-order valence-corrected chi connectivity index (χ3v) is 4.80. The molecule has 0 saturated carbocycles. The molecular weight excluding hydrogens is 354 g/mol. The van der Waals surface area contributed by atoms with Crippen molar-refractivity contribution in [2.24, 2.45) is 0 Å². The number of hydrogen-bond acceptors (Lipinski definition) is 4. The number of aromatic nitrogens is 1. The lowest BCUT2D eigenvalue weighted by atomic mass is 10.0. The number of anilines is 1. The summed E-state index contributed by atoms with van der Waals surface area (Å²) in [7, 11) is 0. The molecule has 150 valence electrons. The Kier molecular flexibility index (Phi) is 6.87. The minimum absolute atomic E-state index is 0.0472. The quantitative estimate of drug-likeness (QED) is 0.476. The van der Waals surface area contributed by atoms with Gasteiger partial charge in [-0.3, -0.25) is 9.59 Å². The Morgan fingerprint density at radius 3 is 2.89 bits per heavy atom. The van der Waals surface area contributed by atoms with Crippen molar-refractivity contribution in [2.75, 3.05) is 18.5 Å². The number of hydrogen-bond donors (Lipinski definition) is 3. The predicted molar refractivity (Wildman–Crippen MR) is 110 cm³/mol.